The van der Waals surface area contributed by atoms with Gasteiger partial charge >= 0.3 is 0 Å². The topological polar surface area (TPSA) is 63.2 Å². The summed E-state index contributed by atoms with van der Waals surface area (Å²) in [5.74, 6) is 0.111. The maximum atomic E-state index is 12.1. The van der Waals surface area contributed by atoms with Crippen LogP contribution in [-0.2, 0) is 9.05 Å². The van der Waals surface area contributed by atoms with E-state index in [1.807, 2.05) is 0 Å². The number of hydrogen-bond donors (Lipinski definition) is 1. The summed E-state index contributed by atoms with van der Waals surface area (Å²) >= 11 is 9.05. The Morgan fingerprint density at radius 2 is 2.05 bits per heavy atom. The highest BCUT2D eigenvalue weighted by molar-refractivity contribution is 9.10. The van der Waals surface area contributed by atoms with Gasteiger partial charge in [-0.15, -0.1) is 0 Å². The molecule has 110 valence electrons. The fraction of sp³-hybridized carbons (Fsp3) is 0.417. The van der Waals surface area contributed by atoms with Gasteiger partial charge in [0.2, 0.25) is 0 Å². The number of hydrogen-bond acceptors (Lipinski definition) is 3. The van der Waals surface area contributed by atoms with Gasteiger partial charge in [-0.3, -0.25) is 4.79 Å². The Hall–Kier alpha value is -0.300. The van der Waals surface area contributed by atoms with E-state index in [0.717, 1.165) is 12.8 Å². The van der Waals surface area contributed by atoms with E-state index in [-0.39, 0.29) is 20.0 Å². The van der Waals surface area contributed by atoms with Crippen LogP contribution in [0.2, 0.25) is 5.02 Å². The molecule has 0 saturated heterocycles. The van der Waals surface area contributed by atoms with E-state index in [9.17, 15) is 13.2 Å². The summed E-state index contributed by atoms with van der Waals surface area (Å²) in [6, 6.07) is 2.54. The molecule has 0 radical (unpaired) electrons. The zero-order valence-electron chi connectivity index (χ0n) is 10.3. The summed E-state index contributed by atoms with van der Waals surface area (Å²) in [5, 5.41) is 2.94. The molecule has 0 aliphatic heterocycles. The summed E-state index contributed by atoms with van der Waals surface area (Å²) in [6.45, 7) is 0.578. The van der Waals surface area contributed by atoms with Crippen molar-refractivity contribution in [2.24, 2.45) is 5.92 Å². The highest BCUT2D eigenvalue weighted by atomic mass is 79.9. The minimum absolute atomic E-state index is 0.105. The first-order valence-corrected chi connectivity index (χ1v) is 9.49. The fourth-order valence-electron chi connectivity index (χ4n) is 1.92. The van der Waals surface area contributed by atoms with Crippen LogP contribution >= 0.6 is 38.2 Å². The molecule has 0 spiro atoms. The van der Waals surface area contributed by atoms with Crippen molar-refractivity contribution in [1.82, 2.24) is 5.32 Å². The number of nitrogens with one attached hydrogen (secondary N) is 1. The summed E-state index contributed by atoms with van der Waals surface area (Å²) in [6.07, 6.45) is 3.40. The van der Waals surface area contributed by atoms with Crippen molar-refractivity contribution in [3.05, 3.63) is 27.2 Å². The minimum atomic E-state index is -3.94. The highest BCUT2D eigenvalue weighted by Gasteiger charge is 2.22. The molecule has 0 heterocycles. The second-order valence-electron chi connectivity index (χ2n) is 4.71. The van der Waals surface area contributed by atoms with Gasteiger partial charge in [0.1, 0.15) is 0 Å². The molecular formula is C12H12BrCl2NO3S. The number of carbonyl (C=O) groups is 1. The summed E-state index contributed by atoms with van der Waals surface area (Å²) in [7, 11) is 1.38. The minimum Gasteiger partial charge on any atom is -0.352 e. The summed E-state index contributed by atoms with van der Waals surface area (Å²) in [5.41, 5.74) is 0.105. The van der Waals surface area contributed by atoms with Crippen LogP contribution in [0.4, 0.5) is 0 Å². The Labute approximate surface area is 135 Å². The number of rotatable bonds is 4. The first-order chi connectivity index (χ1) is 9.29. The van der Waals surface area contributed by atoms with E-state index in [4.69, 9.17) is 22.3 Å². The monoisotopic (exact) mass is 399 g/mol. The Kier molecular flexibility index (Phi) is 5.00. The van der Waals surface area contributed by atoms with Crippen LogP contribution in [0.25, 0.3) is 0 Å². The molecule has 1 aromatic rings. The maximum absolute atomic E-state index is 12.1. The van der Waals surface area contributed by atoms with E-state index in [2.05, 4.69) is 21.2 Å². The zero-order chi connectivity index (χ0) is 14.9. The SMILES string of the molecule is O=C(NCC1CCC1)c1cc(S(=O)(=O)Cl)c(Br)cc1Cl. The molecule has 1 aromatic carbocycles. The predicted molar refractivity (Wildman–Crippen MR) is 81.9 cm³/mol. The molecule has 0 atom stereocenters. The van der Waals surface area contributed by atoms with E-state index in [1.165, 1.54) is 18.6 Å². The van der Waals surface area contributed by atoms with Crippen LogP contribution in [0.5, 0.6) is 0 Å². The second-order valence-corrected chi connectivity index (χ2v) is 8.50. The molecule has 0 aromatic heterocycles. The summed E-state index contributed by atoms with van der Waals surface area (Å²) < 4.78 is 23.1. The molecule has 1 fully saturated rings. The van der Waals surface area contributed by atoms with Crippen molar-refractivity contribution in [1.29, 1.82) is 0 Å². The number of benzene rings is 1. The molecule has 1 aliphatic rings. The van der Waals surface area contributed by atoms with Crippen molar-refractivity contribution >= 4 is 53.2 Å². The normalized spacial score (nSPS) is 15.8. The average molecular weight is 401 g/mol. The van der Waals surface area contributed by atoms with E-state index in [0.29, 0.717) is 12.5 Å². The number of carbonyl (C=O) groups excluding carboxylic acids is 1. The van der Waals surface area contributed by atoms with Gasteiger partial charge < -0.3 is 5.32 Å². The smallest absolute Gasteiger partial charge is 0.262 e. The highest BCUT2D eigenvalue weighted by Crippen LogP contribution is 2.31. The van der Waals surface area contributed by atoms with Gasteiger partial charge in [0.05, 0.1) is 15.5 Å². The average Bonchev–Trinajstić information content (AvgIpc) is 2.24. The van der Waals surface area contributed by atoms with Gasteiger partial charge in [-0.25, -0.2) is 8.42 Å². The number of amides is 1. The van der Waals surface area contributed by atoms with Crippen molar-refractivity contribution in [3.8, 4) is 0 Å². The number of halogens is 3. The molecular weight excluding hydrogens is 389 g/mol. The molecule has 1 aliphatic carbocycles. The van der Waals surface area contributed by atoms with Gasteiger partial charge in [0.25, 0.3) is 15.0 Å². The van der Waals surface area contributed by atoms with Crippen LogP contribution in [0.3, 0.4) is 0 Å². The first-order valence-electron chi connectivity index (χ1n) is 6.01. The molecule has 0 unspecified atom stereocenters. The first kappa shape index (κ1) is 16.1. The van der Waals surface area contributed by atoms with Gasteiger partial charge in [-0.1, -0.05) is 18.0 Å². The Morgan fingerprint density at radius 1 is 1.40 bits per heavy atom. The molecule has 1 saturated carbocycles. The lowest BCUT2D eigenvalue weighted by Gasteiger charge is -2.25. The Bertz CT molecular complexity index is 644. The summed E-state index contributed by atoms with van der Waals surface area (Å²) in [4.78, 5) is 11.9. The molecule has 1 amide bonds. The van der Waals surface area contributed by atoms with Crippen molar-refractivity contribution < 1.29 is 13.2 Å². The lowest BCUT2D eigenvalue weighted by molar-refractivity contribution is 0.0939. The van der Waals surface area contributed by atoms with Crippen LogP contribution in [-0.4, -0.2) is 20.9 Å². The van der Waals surface area contributed by atoms with E-state index >= 15 is 0 Å². The third-order valence-electron chi connectivity index (χ3n) is 3.30. The third kappa shape index (κ3) is 3.67. The van der Waals surface area contributed by atoms with Gasteiger partial charge in [-0.05, 0) is 46.8 Å². The zero-order valence-corrected chi connectivity index (χ0v) is 14.2. The lowest BCUT2D eigenvalue weighted by Crippen LogP contribution is -2.32. The largest absolute Gasteiger partial charge is 0.352 e. The van der Waals surface area contributed by atoms with Crippen LogP contribution in [0.15, 0.2) is 21.5 Å². The Balaban J connectivity index is 2.23. The van der Waals surface area contributed by atoms with E-state index in [1.54, 1.807) is 0 Å². The third-order valence-corrected chi connectivity index (χ3v) is 5.90. The predicted octanol–water partition coefficient (Wildman–Crippen LogP) is 3.56. The van der Waals surface area contributed by atoms with E-state index < -0.39 is 15.0 Å². The van der Waals surface area contributed by atoms with Gasteiger partial charge in [0, 0.05) is 21.7 Å². The van der Waals surface area contributed by atoms with Gasteiger partial charge in [-0.2, -0.15) is 0 Å². The molecule has 8 heteroatoms. The Morgan fingerprint density at radius 3 is 2.55 bits per heavy atom. The van der Waals surface area contributed by atoms with Gasteiger partial charge in [0.15, 0.2) is 0 Å². The molecule has 0 bridgehead atoms. The van der Waals surface area contributed by atoms with Crippen molar-refractivity contribution in [3.63, 3.8) is 0 Å². The molecule has 4 nitrogen and oxygen atoms in total. The molecule has 2 rings (SSSR count). The fourth-order valence-corrected chi connectivity index (χ4v) is 4.50. The quantitative estimate of drug-likeness (QED) is 0.786. The molecule has 1 N–H and O–H groups in total. The lowest BCUT2D eigenvalue weighted by atomic mass is 9.85. The maximum Gasteiger partial charge on any atom is 0.262 e. The van der Waals surface area contributed by atoms with Crippen LogP contribution < -0.4 is 5.32 Å². The second kappa shape index (κ2) is 6.22. The van der Waals surface area contributed by atoms with Crippen molar-refractivity contribution in [2.45, 2.75) is 24.2 Å². The van der Waals surface area contributed by atoms with Crippen LogP contribution in [0, 0.1) is 5.92 Å². The molecule has 20 heavy (non-hydrogen) atoms. The standard InChI is InChI=1S/C12H12BrCl2NO3S/c13-9-5-10(14)8(4-11(9)20(15,18)19)12(17)16-6-7-2-1-3-7/h4-5,7H,1-3,6H2,(H,16,17). The van der Waals surface area contributed by atoms with Crippen molar-refractivity contribution in [2.75, 3.05) is 6.54 Å². The van der Waals surface area contributed by atoms with Crippen LogP contribution in [0.1, 0.15) is 29.6 Å².